The molecule has 0 amide bonds. The van der Waals surface area contributed by atoms with Crippen LogP contribution in [0.15, 0.2) is 24.5 Å². The summed E-state index contributed by atoms with van der Waals surface area (Å²) < 4.78 is 0. The van der Waals surface area contributed by atoms with Gasteiger partial charge in [0.1, 0.15) is 0 Å². The quantitative estimate of drug-likeness (QED) is 0.631. The molecule has 4 heteroatoms. The van der Waals surface area contributed by atoms with E-state index in [0.29, 0.717) is 0 Å². The molecule has 1 aliphatic rings. The molecule has 2 rings (SSSR count). The molecule has 3 N–H and O–H groups in total. The summed E-state index contributed by atoms with van der Waals surface area (Å²) in [6, 6.07) is 4.23. The average Bonchev–Trinajstić information content (AvgIpc) is 2.41. The molecule has 0 bridgehead atoms. The van der Waals surface area contributed by atoms with Crippen molar-refractivity contribution in [1.29, 1.82) is 0 Å². The number of likely N-dealkylation sites (N-methyl/N-ethyl adjacent to an activating group) is 1. The van der Waals surface area contributed by atoms with Gasteiger partial charge in [-0.3, -0.25) is 16.3 Å². The Kier molecular flexibility index (Phi) is 4.32. The van der Waals surface area contributed by atoms with E-state index < -0.39 is 0 Å². The summed E-state index contributed by atoms with van der Waals surface area (Å²) in [6.45, 7) is 0. The standard InChI is InChI=1S/C14H24N4/c1-18(2)14(8-4-3-5-9-14)13(17-15)12-7-6-10-16-11-12/h6-7,10-11,13,17H,3-5,8-9,15H2,1-2H3. The number of rotatable bonds is 4. The zero-order valence-electron chi connectivity index (χ0n) is 11.4. The van der Waals surface area contributed by atoms with Crippen LogP contribution in [0.4, 0.5) is 0 Å². The van der Waals surface area contributed by atoms with E-state index >= 15 is 0 Å². The smallest absolute Gasteiger partial charge is 0.0658 e. The van der Waals surface area contributed by atoms with Crippen molar-refractivity contribution < 1.29 is 0 Å². The molecule has 4 nitrogen and oxygen atoms in total. The Hall–Kier alpha value is -0.970. The first-order chi connectivity index (χ1) is 8.70. The first-order valence-electron chi connectivity index (χ1n) is 6.74. The molecule has 1 unspecified atom stereocenters. The number of hydrogen-bond acceptors (Lipinski definition) is 4. The maximum Gasteiger partial charge on any atom is 0.0658 e. The molecule has 1 atom stereocenters. The minimum Gasteiger partial charge on any atom is -0.302 e. The molecule has 100 valence electrons. The van der Waals surface area contributed by atoms with E-state index in [2.05, 4.69) is 35.5 Å². The summed E-state index contributed by atoms with van der Waals surface area (Å²) in [7, 11) is 4.32. The van der Waals surface area contributed by atoms with Gasteiger partial charge >= 0.3 is 0 Å². The number of aromatic nitrogens is 1. The van der Waals surface area contributed by atoms with Crippen LogP contribution in [0.25, 0.3) is 0 Å². The highest BCUT2D eigenvalue weighted by molar-refractivity contribution is 5.20. The SMILES string of the molecule is CN(C)C1(C(NN)c2cccnc2)CCCCC1. The van der Waals surface area contributed by atoms with Crippen LogP contribution in [-0.2, 0) is 0 Å². The average molecular weight is 248 g/mol. The molecule has 0 saturated heterocycles. The summed E-state index contributed by atoms with van der Waals surface area (Å²) in [4.78, 5) is 6.56. The number of nitrogens with two attached hydrogens (primary N) is 1. The van der Waals surface area contributed by atoms with Gasteiger partial charge in [-0.1, -0.05) is 25.3 Å². The molecular weight excluding hydrogens is 224 g/mol. The lowest BCUT2D eigenvalue weighted by atomic mass is 9.73. The first-order valence-corrected chi connectivity index (χ1v) is 6.74. The maximum absolute atomic E-state index is 5.85. The molecule has 18 heavy (non-hydrogen) atoms. The highest BCUT2D eigenvalue weighted by Gasteiger charge is 2.42. The van der Waals surface area contributed by atoms with Gasteiger partial charge in [-0.05, 0) is 38.6 Å². The van der Waals surface area contributed by atoms with Crippen molar-refractivity contribution in [2.45, 2.75) is 43.7 Å². The molecule has 0 aliphatic heterocycles. The molecule has 1 aromatic heterocycles. The van der Waals surface area contributed by atoms with Gasteiger partial charge in [0.25, 0.3) is 0 Å². The Morgan fingerprint density at radius 2 is 2.06 bits per heavy atom. The van der Waals surface area contributed by atoms with Crippen molar-refractivity contribution in [3.63, 3.8) is 0 Å². The van der Waals surface area contributed by atoms with Crippen LogP contribution in [0, 0.1) is 0 Å². The van der Waals surface area contributed by atoms with Gasteiger partial charge in [0.15, 0.2) is 0 Å². The molecule has 1 aliphatic carbocycles. The minimum atomic E-state index is 0.107. The van der Waals surface area contributed by atoms with Crippen LogP contribution in [-0.4, -0.2) is 29.5 Å². The molecule has 0 aromatic carbocycles. The summed E-state index contributed by atoms with van der Waals surface area (Å²) in [5.41, 5.74) is 4.31. The van der Waals surface area contributed by atoms with E-state index in [9.17, 15) is 0 Å². The summed E-state index contributed by atoms with van der Waals surface area (Å²) in [5.74, 6) is 5.85. The number of hydrazine groups is 1. The van der Waals surface area contributed by atoms with Gasteiger partial charge in [0.2, 0.25) is 0 Å². The molecule has 0 radical (unpaired) electrons. The highest BCUT2D eigenvalue weighted by Crippen LogP contribution is 2.41. The fourth-order valence-corrected chi connectivity index (χ4v) is 3.27. The Morgan fingerprint density at radius 3 is 2.56 bits per heavy atom. The van der Waals surface area contributed by atoms with Crippen molar-refractivity contribution >= 4 is 0 Å². The second kappa shape index (κ2) is 5.78. The van der Waals surface area contributed by atoms with Crippen LogP contribution < -0.4 is 11.3 Å². The van der Waals surface area contributed by atoms with E-state index in [1.165, 1.54) is 37.7 Å². The Bertz CT molecular complexity index is 357. The van der Waals surface area contributed by atoms with Crippen LogP contribution in [0.3, 0.4) is 0 Å². The molecular formula is C14H24N4. The Labute approximate surface area is 110 Å². The number of pyridine rings is 1. The molecule has 0 spiro atoms. The molecule has 1 heterocycles. The number of hydrogen-bond donors (Lipinski definition) is 2. The predicted octanol–water partition coefficient (Wildman–Crippen LogP) is 1.85. The molecule has 1 aromatic rings. The van der Waals surface area contributed by atoms with Gasteiger partial charge < -0.3 is 4.90 Å². The number of nitrogens with one attached hydrogen (secondary N) is 1. The van der Waals surface area contributed by atoms with Crippen molar-refractivity contribution in [2.75, 3.05) is 14.1 Å². The first kappa shape index (κ1) is 13.5. The zero-order chi connectivity index (χ0) is 13.0. The second-order valence-corrected chi connectivity index (χ2v) is 5.44. The van der Waals surface area contributed by atoms with E-state index in [-0.39, 0.29) is 11.6 Å². The van der Waals surface area contributed by atoms with Crippen molar-refractivity contribution in [3.8, 4) is 0 Å². The van der Waals surface area contributed by atoms with Gasteiger partial charge in [-0.2, -0.15) is 0 Å². The van der Waals surface area contributed by atoms with Crippen LogP contribution in [0.5, 0.6) is 0 Å². The lowest BCUT2D eigenvalue weighted by Gasteiger charge is -2.48. The number of nitrogens with zero attached hydrogens (tertiary/aromatic N) is 2. The minimum absolute atomic E-state index is 0.107. The van der Waals surface area contributed by atoms with Crippen molar-refractivity contribution in [1.82, 2.24) is 15.3 Å². The van der Waals surface area contributed by atoms with E-state index in [1.807, 2.05) is 12.3 Å². The summed E-state index contributed by atoms with van der Waals surface area (Å²) >= 11 is 0. The third-order valence-corrected chi connectivity index (χ3v) is 4.33. The van der Waals surface area contributed by atoms with Gasteiger partial charge in [-0.25, -0.2) is 0 Å². The van der Waals surface area contributed by atoms with Crippen LogP contribution >= 0.6 is 0 Å². The van der Waals surface area contributed by atoms with Gasteiger partial charge in [0.05, 0.1) is 6.04 Å². The van der Waals surface area contributed by atoms with Crippen molar-refractivity contribution in [2.24, 2.45) is 5.84 Å². The normalized spacial score (nSPS) is 20.9. The molecule has 1 fully saturated rings. The highest BCUT2D eigenvalue weighted by atomic mass is 15.3. The fraction of sp³-hybridized carbons (Fsp3) is 0.643. The third-order valence-electron chi connectivity index (χ3n) is 4.33. The van der Waals surface area contributed by atoms with Gasteiger partial charge in [-0.15, -0.1) is 0 Å². The zero-order valence-corrected chi connectivity index (χ0v) is 11.4. The molecule has 1 saturated carbocycles. The predicted molar refractivity (Wildman–Crippen MR) is 73.8 cm³/mol. The fourth-order valence-electron chi connectivity index (χ4n) is 3.27. The lowest BCUT2D eigenvalue weighted by Crippen LogP contribution is -2.56. The maximum atomic E-state index is 5.85. The third kappa shape index (κ3) is 2.41. The topological polar surface area (TPSA) is 54.2 Å². The van der Waals surface area contributed by atoms with Gasteiger partial charge in [0, 0.05) is 17.9 Å². The summed E-state index contributed by atoms with van der Waals surface area (Å²) in [5, 5.41) is 0. The Balaban J connectivity index is 2.33. The largest absolute Gasteiger partial charge is 0.302 e. The van der Waals surface area contributed by atoms with Crippen molar-refractivity contribution in [3.05, 3.63) is 30.1 Å². The van der Waals surface area contributed by atoms with Crippen LogP contribution in [0.1, 0.15) is 43.7 Å². The van der Waals surface area contributed by atoms with E-state index in [4.69, 9.17) is 5.84 Å². The second-order valence-electron chi connectivity index (χ2n) is 5.44. The summed E-state index contributed by atoms with van der Waals surface area (Å²) in [6.07, 6.45) is 9.98. The van der Waals surface area contributed by atoms with Crippen LogP contribution in [0.2, 0.25) is 0 Å². The lowest BCUT2D eigenvalue weighted by molar-refractivity contribution is 0.0563. The van der Waals surface area contributed by atoms with E-state index in [1.54, 1.807) is 6.20 Å². The monoisotopic (exact) mass is 248 g/mol. The Morgan fingerprint density at radius 1 is 1.33 bits per heavy atom. The van der Waals surface area contributed by atoms with E-state index in [0.717, 1.165) is 0 Å².